The Hall–Kier alpha value is -2.36. The number of aromatic nitrogens is 1. The first kappa shape index (κ1) is 10.8. The van der Waals surface area contributed by atoms with Gasteiger partial charge in [-0.3, -0.25) is 4.99 Å². The molecule has 1 aliphatic rings. The number of fused-ring (bicyclic) bond motifs is 1. The Kier molecular flexibility index (Phi) is 2.48. The van der Waals surface area contributed by atoms with Gasteiger partial charge in [-0.2, -0.15) is 0 Å². The molecule has 1 aromatic heterocycles. The van der Waals surface area contributed by atoms with Crippen LogP contribution in [0.5, 0.6) is 0 Å². The molecule has 0 saturated carbocycles. The van der Waals surface area contributed by atoms with Crippen molar-refractivity contribution in [1.29, 1.82) is 0 Å². The molecule has 0 atom stereocenters. The molecule has 2 aromatic rings. The van der Waals surface area contributed by atoms with Crippen LogP contribution < -0.4 is 11.1 Å². The van der Waals surface area contributed by atoms with Crippen molar-refractivity contribution < 1.29 is 0 Å². The minimum absolute atomic E-state index is 0.528. The van der Waals surface area contributed by atoms with Gasteiger partial charge in [0.05, 0.1) is 12.1 Å². The molecule has 0 radical (unpaired) electrons. The van der Waals surface area contributed by atoms with Crippen molar-refractivity contribution in [2.45, 2.75) is 0 Å². The van der Waals surface area contributed by atoms with E-state index in [0.717, 1.165) is 28.7 Å². The predicted octanol–water partition coefficient (Wildman–Crippen LogP) is 2.33. The number of benzene rings is 1. The second kappa shape index (κ2) is 4.14. The zero-order valence-electron chi connectivity index (χ0n) is 10.1. The van der Waals surface area contributed by atoms with Crippen LogP contribution in [0, 0.1) is 0 Å². The second-order valence-corrected chi connectivity index (χ2v) is 4.26. The van der Waals surface area contributed by atoms with E-state index in [4.69, 9.17) is 5.73 Å². The number of allylic oxidation sites excluding steroid dienone is 1. The molecule has 0 saturated heterocycles. The van der Waals surface area contributed by atoms with E-state index in [1.54, 1.807) is 0 Å². The van der Waals surface area contributed by atoms with Gasteiger partial charge in [0, 0.05) is 30.4 Å². The number of nitrogens with zero attached hydrogens (tertiary/aromatic N) is 2. The van der Waals surface area contributed by atoms with Crippen LogP contribution in [-0.2, 0) is 0 Å². The maximum Gasteiger partial charge on any atom is 0.126 e. The van der Waals surface area contributed by atoms with E-state index >= 15 is 0 Å². The second-order valence-electron chi connectivity index (χ2n) is 4.26. The summed E-state index contributed by atoms with van der Waals surface area (Å²) in [4.78, 5) is 8.58. The Morgan fingerprint density at radius 1 is 1.28 bits per heavy atom. The molecule has 1 aromatic carbocycles. The van der Waals surface area contributed by atoms with Gasteiger partial charge in [-0.25, -0.2) is 4.98 Å². The van der Waals surface area contributed by atoms with Crippen molar-refractivity contribution in [2.24, 2.45) is 4.99 Å². The Morgan fingerprint density at radius 3 is 2.89 bits per heavy atom. The lowest BCUT2D eigenvalue weighted by Crippen LogP contribution is -1.97. The van der Waals surface area contributed by atoms with Crippen molar-refractivity contribution in [3.63, 3.8) is 0 Å². The molecule has 1 aliphatic heterocycles. The third kappa shape index (κ3) is 1.72. The first-order valence-corrected chi connectivity index (χ1v) is 5.85. The number of rotatable bonds is 2. The summed E-state index contributed by atoms with van der Waals surface area (Å²) in [5, 5.41) is 4.22. The van der Waals surface area contributed by atoms with E-state index in [9.17, 15) is 0 Å². The van der Waals surface area contributed by atoms with Gasteiger partial charge in [0.25, 0.3) is 0 Å². The van der Waals surface area contributed by atoms with Gasteiger partial charge in [0.1, 0.15) is 5.82 Å². The molecule has 0 unspecified atom stereocenters. The normalized spacial score (nSPS) is 13.9. The Balaban J connectivity index is 2.17. The third-order valence-electron chi connectivity index (χ3n) is 3.11. The van der Waals surface area contributed by atoms with Crippen LogP contribution in [-0.4, -0.2) is 24.8 Å². The number of nitrogens with two attached hydrogens (primary N) is 1. The molecular weight excluding hydrogens is 224 g/mol. The first-order valence-electron chi connectivity index (χ1n) is 5.85. The van der Waals surface area contributed by atoms with Gasteiger partial charge in [-0.15, -0.1) is 0 Å². The fourth-order valence-electron chi connectivity index (χ4n) is 2.19. The minimum Gasteiger partial charge on any atom is -0.387 e. The standard InChI is InChI=1S/C14H14N4/c1-16-12-7-14(15)18-13-6-9(2-3-11(12)13)10-4-5-17-8-10/h2-7H,8H2,1H3,(H3,15,16,18). The smallest absolute Gasteiger partial charge is 0.126 e. The average Bonchev–Trinajstić information content (AvgIpc) is 2.90. The van der Waals surface area contributed by atoms with Gasteiger partial charge in [-0.05, 0) is 23.3 Å². The van der Waals surface area contributed by atoms with Gasteiger partial charge in [-0.1, -0.05) is 12.1 Å². The summed E-state index contributed by atoms with van der Waals surface area (Å²) in [5.41, 5.74) is 10.1. The molecule has 4 nitrogen and oxygen atoms in total. The molecule has 0 aliphatic carbocycles. The van der Waals surface area contributed by atoms with Crippen molar-refractivity contribution in [3.8, 4) is 0 Å². The topological polar surface area (TPSA) is 63.3 Å². The van der Waals surface area contributed by atoms with Crippen molar-refractivity contribution in [2.75, 3.05) is 24.6 Å². The minimum atomic E-state index is 0.528. The average molecular weight is 238 g/mol. The lowest BCUT2D eigenvalue weighted by atomic mass is 10.0. The summed E-state index contributed by atoms with van der Waals surface area (Å²) in [6, 6.07) is 8.08. The highest BCUT2D eigenvalue weighted by molar-refractivity contribution is 5.96. The predicted molar refractivity (Wildman–Crippen MR) is 77.0 cm³/mol. The summed E-state index contributed by atoms with van der Waals surface area (Å²) in [6.45, 7) is 0.743. The molecule has 18 heavy (non-hydrogen) atoms. The molecule has 0 fully saturated rings. The first-order chi connectivity index (χ1) is 8.78. The van der Waals surface area contributed by atoms with Crippen LogP contribution in [0.15, 0.2) is 35.3 Å². The van der Waals surface area contributed by atoms with Crippen molar-refractivity contribution in [1.82, 2.24) is 4.98 Å². The van der Waals surface area contributed by atoms with E-state index < -0.39 is 0 Å². The summed E-state index contributed by atoms with van der Waals surface area (Å²) in [6.07, 6.45) is 3.87. The van der Waals surface area contributed by atoms with Gasteiger partial charge in [0.2, 0.25) is 0 Å². The highest BCUT2D eigenvalue weighted by Gasteiger charge is 2.08. The van der Waals surface area contributed by atoms with Crippen LogP contribution in [0.4, 0.5) is 11.5 Å². The molecule has 0 bridgehead atoms. The van der Waals surface area contributed by atoms with Crippen LogP contribution >= 0.6 is 0 Å². The molecule has 0 amide bonds. The summed E-state index contributed by atoms with van der Waals surface area (Å²) < 4.78 is 0. The number of hydrogen-bond acceptors (Lipinski definition) is 4. The van der Waals surface area contributed by atoms with Crippen LogP contribution in [0.2, 0.25) is 0 Å². The van der Waals surface area contributed by atoms with E-state index in [-0.39, 0.29) is 0 Å². The summed E-state index contributed by atoms with van der Waals surface area (Å²) >= 11 is 0. The fourth-order valence-corrected chi connectivity index (χ4v) is 2.19. The number of anilines is 2. The molecule has 90 valence electrons. The molecule has 0 spiro atoms. The maximum absolute atomic E-state index is 5.81. The highest BCUT2D eigenvalue weighted by atomic mass is 14.9. The maximum atomic E-state index is 5.81. The monoisotopic (exact) mass is 238 g/mol. The third-order valence-corrected chi connectivity index (χ3v) is 3.11. The zero-order valence-corrected chi connectivity index (χ0v) is 10.1. The van der Waals surface area contributed by atoms with Crippen LogP contribution in [0.3, 0.4) is 0 Å². The largest absolute Gasteiger partial charge is 0.387 e. The van der Waals surface area contributed by atoms with E-state index in [2.05, 4.69) is 33.5 Å². The molecule has 3 N–H and O–H groups in total. The number of nitrogens with one attached hydrogen (secondary N) is 1. The Labute approximate surface area is 105 Å². The van der Waals surface area contributed by atoms with E-state index in [1.807, 2.05) is 25.4 Å². The SMILES string of the molecule is CNc1cc(N)nc2cc(C3=CC=NC3)ccc12. The quantitative estimate of drug-likeness (QED) is 0.844. The molecule has 3 rings (SSSR count). The number of nitrogen functional groups attached to an aromatic ring is 1. The molecule has 2 heterocycles. The zero-order chi connectivity index (χ0) is 12.5. The lowest BCUT2D eigenvalue weighted by molar-refractivity contribution is 1.30. The molecule has 4 heteroatoms. The van der Waals surface area contributed by atoms with Crippen LogP contribution in [0.25, 0.3) is 16.5 Å². The van der Waals surface area contributed by atoms with Gasteiger partial charge >= 0.3 is 0 Å². The lowest BCUT2D eigenvalue weighted by Gasteiger charge is -2.09. The van der Waals surface area contributed by atoms with Crippen LogP contribution in [0.1, 0.15) is 5.56 Å². The molecular formula is C14H14N4. The number of aliphatic imine (C=N–C) groups is 1. The summed E-state index contributed by atoms with van der Waals surface area (Å²) in [5.74, 6) is 0.528. The van der Waals surface area contributed by atoms with E-state index in [1.165, 1.54) is 5.57 Å². The Morgan fingerprint density at radius 2 is 2.17 bits per heavy atom. The van der Waals surface area contributed by atoms with E-state index in [0.29, 0.717) is 5.82 Å². The van der Waals surface area contributed by atoms with Crippen molar-refractivity contribution >= 4 is 34.2 Å². The van der Waals surface area contributed by atoms with Gasteiger partial charge in [0.15, 0.2) is 0 Å². The summed E-state index contributed by atoms with van der Waals surface area (Å²) in [7, 11) is 1.88. The number of pyridine rings is 1. The fraction of sp³-hybridized carbons (Fsp3) is 0.143. The van der Waals surface area contributed by atoms with Gasteiger partial charge < -0.3 is 11.1 Å². The Bertz CT molecular complexity index is 671. The van der Waals surface area contributed by atoms with Crippen molar-refractivity contribution in [3.05, 3.63) is 35.9 Å². The highest BCUT2D eigenvalue weighted by Crippen LogP contribution is 2.27. The number of hydrogen-bond donors (Lipinski definition) is 2.